The number of thiophene rings is 1. The Morgan fingerprint density at radius 1 is 1.08 bits per heavy atom. The van der Waals surface area contributed by atoms with Gasteiger partial charge >= 0.3 is 0 Å². The number of benzene rings is 1. The largest absolute Gasteiger partial charge is 0.493 e. The number of aryl methyl sites for hydroxylation is 1. The van der Waals surface area contributed by atoms with Gasteiger partial charge in [0.2, 0.25) is 5.75 Å². The van der Waals surface area contributed by atoms with Gasteiger partial charge in [0.25, 0.3) is 0 Å². The number of ether oxygens (including phenoxy) is 3. The highest BCUT2D eigenvalue weighted by Crippen LogP contribution is 2.41. The highest BCUT2D eigenvalue weighted by atomic mass is 32.1. The summed E-state index contributed by atoms with van der Waals surface area (Å²) in [5, 5.41) is 9.94. The maximum atomic E-state index is 9.22. The van der Waals surface area contributed by atoms with Crippen molar-refractivity contribution >= 4 is 27.4 Å². The lowest BCUT2D eigenvalue weighted by molar-refractivity contribution is 0.324. The number of anilines is 1. The van der Waals surface area contributed by atoms with Crippen LogP contribution in [0.15, 0.2) is 12.1 Å². The van der Waals surface area contributed by atoms with Gasteiger partial charge in [-0.05, 0) is 24.6 Å². The van der Waals surface area contributed by atoms with E-state index in [4.69, 9.17) is 19.9 Å². The Labute approximate surface area is 148 Å². The molecule has 25 heavy (non-hydrogen) atoms. The summed E-state index contributed by atoms with van der Waals surface area (Å²) in [7, 11) is 4.63. The van der Waals surface area contributed by atoms with Gasteiger partial charge in [0, 0.05) is 5.56 Å². The molecule has 0 unspecified atom stereocenters. The van der Waals surface area contributed by atoms with Crippen molar-refractivity contribution in [1.29, 1.82) is 5.26 Å². The highest BCUT2D eigenvalue weighted by molar-refractivity contribution is 7.19. The van der Waals surface area contributed by atoms with Crippen LogP contribution in [0.2, 0.25) is 0 Å². The molecule has 0 fully saturated rings. The van der Waals surface area contributed by atoms with Crippen molar-refractivity contribution in [3.05, 3.63) is 22.6 Å². The predicted octanol–water partition coefficient (Wildman–Crippen LogP) is 3.15. The molecule has 2 N–H and O–H groups in total. The average Bonchev–Trinajstić information content (AvgIpc) is 2.96. The first-order chi connectivity index (χ1) is 12.0. The third-order valence-corrected chi connectivity index (χ3v) is 4.93. The van der Waals surface area contributed by atoms with Gasteiger partial charge in [-0.1, -0.05) is 0 Å². The fourth-order valence-electron chi connectivity index (χ4n) is 2.62. The summed E-state index contributed by atoms with van der Waals surface area (Å²) in [6.07, 6.45) is 0. The van der Waals surface area contributed by atoms with E-state index in [-0.39, 0.29) is 0 Å². The van der Waals surface area contributed by atoms with Crippen LogP contribution in [-0.4, -0.2) is 31.3 Å². The third-order valence-electron chi connectivity index (χ3n) is 3.84. The molecular weight excluding hydrogens is 340 g/mol. The Morgan fingerprint density at radius 3 is 2.24 bits per heavy atom. The molecule has 0 amide bonds. The van der Waals surface area contributed by atoms with Crippen LogP contribution in [0.4, 0.5) is 5.82 Å². The summed E-state index contributed by atoms with van der Waals surface area (Å²) in [6, 6.07) is 5.68. The maximum Gasteiger partial charge on any atom is 0.203 e. The fraction of sp³-hybridized carbons (Fsp3) is 0.235. The molecule has 0 saturated heterocycles. The van der Waals surface area contributed by atoms with E-state index in [2.05, 4.69) is 16.0 Å². The van der Waals surface area contributed by atoms with Crippen LogP contribution in [0.25, 0.3) is 21.6 Å². The van der Waals surface area contributed by atoms with Gasteiger partial charge in [0.05, 0.1) is 26.7 Å². The van der Waals surface area contributed by atoms with E-state index in [1.165, 1.54) is 11.3 Å². The summed E-state index contributed by atoms with van der Waals surface area (Å²) < 4.78 is 16.1. The lowest BCUT2D eigenvalue weighted by Gasteiger charge is -2.13. The van der Waals surface area contributed by atoms with E-state index >= 15 is 0 Å². The quantitative estimate of drug-likeness (QED) is 0.766. The molecule has 0 atom stereocenters. The van der Waals surface area contributed by atoms with Gasteiger partial charge in [-0.25, -0.2) is 9.97 Å². The van der Waals surface area contributed by atoms with E-state index in [1.54, 1.807) is 33.5 Å². The number of methoxy groups -OCH3 is 3. The molecule has 0 aliphatic rings. The molecule has 128 valence electrons. The Bertz CT molecular complexity index is 982. The van der Waals surface area contributed by atoms with E-state index in [9.17, 15) is 5.26 Å². The first kappa shape index (κ1) is 16.8. The normalized spacial score (nSPS) is 10.5. The lowest BCUT2D eigenvalue weighted by atomic mass is 10.1. The summed E-state index contributed by atoms with van der Waals surface area (Å²) in [5.41, 5.74) is 7.60. The first-order valence-electron chi connectivity index (χ1n) is 7.31. The molecule has 0 aliphatic carbocycles. The third kappa shape index (κ3) is 2.68. The second-order valence-corrected chi connectivity index (χ2v) is 6.19. The van der Waals surface area contributed by atoms with Crippen LogP contribution < -0.4 is 19.9 Å². The van der Waals surface area contributed by atoms with Crippen molar-refractivity contribution in [2.45, 2.75) is 6.92 Å². The summed E-state index contributed by atoms with van der Waals surface area (Å²) in [4.78, 5) is 10.2. The zero-order valence-corrected chi connectivity index (χ0v) is 15.0. The number of hydrogen-bond acceptors (Lipinski definition) is 8. The zero-order valence-electron chi connectivity index (χ0n) is 14.2. The molecule has 2 aromatic heterocycles. The number of hydrogen-bond donors (Lipinski definition) is 1. The van der Waals surface area contributed by atoms with Crippen LogP contribution >= 0.6 is 11.3 Å². The topological polar surface area (TPSA) is 103 Å². The Balaban J connectivity index is 2.25. The van der Waals surface area contributed by atoms with Crippen molar-refractivity contribution in [1.82, 2.24) is 9.97 Å². The smallest absolute Gasteiger partial charge is 0.203 e. The van der Waals surface area contributed by atoms with Gasteiger partial charge in [-0.2, -0.15) is 5.26 Å². The van der Waals surface area contributed by atoms with Crippen molar-refractivity contribution in [2.24, 2.45) is 0 Å². The molecule has 0 radical (unpaired) electrons. The van der Waals surface area contributed by atoms with Gasteiger partial charge < -0.3 is 19.9 Å². The number of nitriles is 1. The van der Waals surface area contributed by atoms with E-state index in [1.807, 2.05) is 6.92 Å². The van der Waals surface area contributed by atoms with Gasteiger partial charge in [0.15, 0.2) is 17.3 Å². The van der Waals surface area contributed by atoms with E-state index in [0.29, 0.717) is 44.2 Å². The predicted molar refractivity (Wildman–Crippen MR) is 96.4 cm³/mol. The number of fused-ring (bicyclic) bond motifs is 1. The molecule has 0 spiro atoms. The first-order valence-corrected chi connectivity index (χ1v) is 8.12. The molecule has 0 saturated carbocycles. The standard InChI is InChI=1S/C17H16N4O3S/c1-8-12(7-18)25-17-13(8)15(19)20-16(21-17)9-5-10(22-2)14(24-4)11(6-9)23-3/h5-6H,1-4H3,(H2,19,20,21). The van der Waals surface area contributed by atoms with Gasteiger partial charge in [0.1, 0.15) is 21.6 Å². The van der Waals surface area contributed by atoms with Crippen LogP contribution in [0.5, 0.6) is 17.2 Å². The number of aromatic nitrogens is 2. The van der Waals surface area contributed by atoms with Crippen molar-refractivity contribution in [3.8, 4) is 34.7 Å². The Hall–Kier alpha value is -3.05. The number of nitrogens with zero attached hydrogens (tertiary/aromatic N) is 3. The minimum absolute atomic E-state index is 0.337. The minimum Gasteiger partial charge on any atom is -0.493 e. The van der Waals surface area contributed by atoms with E-state index in [0.717, 1.165) is 10.9 Å². The molecule has 3 aromatic rings. The summed E-state index contributed by atoms with van der Waals surface area (Å²) in [5.74, 6) is 2.25. The molecule has 7 nitrogen and oxygen atoms in total. The number of rotatable bonds is 4. The second-order valence-electron chi connectivity index (χ2n) is 5.19. The molecular formula is C17H16N4O3S. The number of nitrogen functional groups attached to an aromatic ring is 1. The SMILES string of the molecule is COc1cc(-c2nc(N)c3c(C)c(C#N)sc3n2)cc(OC)c1OC. The second kappa shape index (κ2) is 6.45. The Kier molecular flexibility index (Phi) is 4.33. The van der Waals surface area contributed by atoms with Crippen LogP contribution in [0.3, 0.4) is 0 Å². The fourth-order valence-corrected chi connectivity index (χ4v) is 3.60. The monoisotopic (exact) mass is 356 g/mol. The van der Waals surface area contributed by atoms with Crippen LogP contribution in [0, 0.1) is 18.3 Å². The molecule has 3 rings (SSSR count). The minimum atomic E-state index is 0.337. The summed E-state index contributed by atoms with van der Waals surface area (Å²) in [6.45, 7) is 1.84. The summed E-state index contributed by atoms with van der Waals surface area (Å²) >= 11 is 1.30. The Morgan fingerprint density at radius 2 is 1.72 bits per heavy atom. The molecule has 0 aliphatic heterocycles. The van der Waals surface area contributed by atoms with E-state index < -0.39 is 0 Å². The number of nitrogens with two attached hydrogens (primary N) is 1. The molecule has 0 bridgehead atoms. The van der Waals surface area contributed by atoms with Gasteiger partial charge in [-0.3, -0.25) is 0 Å². The van der Waals surface area contributed by atoms with Crippen molar-refractivity contribution in [3.63, 3.8) is 0 Å². The van der Waals surface area contributed by atoms with Crippen LogP contribution in [0.1, 0.15) is 10.4 Å². The molecule has 8 heteroatoms. The van der Waals surface area contributed by atoms with Crippen molar-refractivity contribution in [2.75, 3.05) is 27.1 Å². The van der Waals surface area contributed by atoms with Gasteiger partial charge in [-0.15, -0.1) is 11.3 Å². The molecule has 2 heterocycles. The maximum absolute atomic E-state index is 9.22. The lowest BCUT2D eigenvalue weighted by Crippen LogP contribution is -1.99. The average molecular weight is 356 g/mol. The van der Waals surface area contributed by atoms with Crippen molar-refractivity contribution < 1.29 is 14.2 Å². The highest BCUT2D eigenvalue weighted by Gasteiger charge is 2.19. The molecule has 1 aromatic carbocycles. The zero-order chi connectivity index (χ0) is 18.1. The van der Waals surface area contributed by atoms with Crippen LogP contribution in [-0.2, 0) is 0 Å².